The summed E-state index contributed by atoms with van der Waals surface area (Å²) in [5.74, 6) is 0.550. The van der Waals surface area contributed by atoms with Crippen LogP contribution in [0.3, 0.4) is 0 Å². The molecule has 0 aromatic heterocycles. The normalized spacial score (nSPS) is 17.8. The van der Waals surface area contributed by atoms with E-state index in [1.165, 1.54) is 5.56 Å². The molecular formula is C21H31ClN2O2. The van der Waals surface area contributed by atoms with E-state index in [-0.39, 0.29) is 29.0 Å². The molecule has 0 bridgehead atoms. The van der Waals surface area contributed by atoms with Crippen molar-refractivity contribution >= 4 is 23.4 Å². The number of hydrogen-bond donors (Lipinski definition) is 1. The Labute approximate surface area is 162 Å². The predicted molar refractivity (Wildman–Crippen MR) is 106 cm³/mol. The lowest BCUT2D eigenvalue weighted by atomic mass is 9.72. The molecule has 144 valence electrons. The number of carbonyl (C=O) groups excluding carboxylic acids is 2. The Morgan fingerprint density at radius 3 is 2.31 bits per heavy atom. The molecule has 1 fully saturated rings. The molecule has 0 aliphatic carbocycles. The minimum absolute atomic E-state index is 0.0257. The third kappa shape index (κ3) is 4.79. The average Bonchev–Trinajstić information content (AvgIpc) is 2.67. The van der Waals surface area contributed by atoms with Gasteiger partial charge in [0.25, 0.3) is 0 Å². The molecule has 26 heavy (non-hydrogen) atoms. The first-order chi connectivity index (χ1) is 12.4. The molecule has 0 saturated carbocycles. The van der Waals surface area contributed by atoms with Gasteiger partial charge >= 0.3 is 0 Å². The Balaban J connectivity index is 2.13. The number of hydrogen-bond acceptors (Lipinski definition) is 2. The lowest BCUT2D eigenvalue weighted by Gasteiger charge is -2.43. The van der Waals surface area contributed by atoms with Crippen LogP contribution in [0, 0.1) is 11.8 Å². The largest absolute Gasteiger partial charge is 0.354 e. The van der Waals surface area contributed by atoms with Crippen molar-refractivity contribution < 1.29 is 9.59 Å². The zero-order valence-electron chi connectivity index (χ0n) is 16.1. The number of piperidine rings is 1. The van der Waals surface area contributed by atoms with Crippen LogP contribution in [-0.4, -0.2) is 42.2 Å². The van der Waals surface area contributed by atoms with E-state index in [1.807, 2.05) is 23.1 Å². The molecule has 1 aliphatic rings. The molecule has 1 aliphatic heterocycles. The topological polar surface area (TPSA) is 49.4 Å². The van der Waals surface area contributed by atoms with Crippen molar-refractivity contribution in [3.8, 4) is 0 Å². The summed E-state index contributed by atoms with van der Waals surface area (Å²) in [6.45, 7) is 8.34. The Morgan fingerprint density at radius 2 is 1.81 bits per heavy atom. The van der Waals surface area contributed by atoms with Gasteiger partial charge in [0, 0.05) is 31.0 Å². The number of benzene rings is 1. The molecule has 2 amide bonds. The fourth-order valence-electron chi connectivity index (χ4n) is 4.00. The molecule has 0 radical (unpaired) electrons. The second kappa shape index (κ2) is 9.40. The Hall–Kier alpha value is -1.55. The van der Waals surface area contributed by atoms with Crippen LogP contribution in [0.15, 0.2) is 30.3 Å². The number of halogens is 1. The van der Waals surface area contributed by atoms with Crippen LogP contribution >= 0.6 is 11.6 Å². The number of amides is 2. The molecule has 1 N–H and O–H groups in total. The molecule has 1 unspecified atom stereocenters. The first-order valence-corrected chi connectivity index (χ1v) is 10.1. The van der Waals surface area contributed by atoms with Crippen LogP contribution in [0.5, 0.6) is 0 Å². The second-order valence-electron chi connectivity index (χ2n) is 7.64. The zero-order chi connectivity index (χ0) is 19.2. The third-order valence-corrected chi connectivity index (χ3v) is 5.97. The van der Waals surface area contributed by atoms with Gasteiger partial charge in [-0.1, -0.05) is 51.1 Å². The zero-order valence-corrected chi connectivity index (χ0v) is 16.9. The van der Waals surface area contributed by atoms with E-state index in [1.54, 1.807) is 0 Å². The highest BCUT2D eigenvalue weighted by atomic mass is 35.5. The van der Waals surface area contributed by atoms with E-state index in [0.717, 1.165) is 32.4 Å². The van der Waals surface area contributed by atoms with Gasteiger partial charge < -0.3 is 10.2 Å². The van der Waals surface area contributed by atoms with Crippen molar-refractivity contribution in [2.75, 3.05) is 25.5 Å². The molecule has 1 heterocycles. The van der Waals surface area contributed by atoms with Crippen LogP contribution in [0.4, 0.5) is 0 Å². The van der Waals surface area contributed by atoms with Gasteiger partial charge in [0.1, 0.15) is 5.88 Å². The lowest BCUT2D eigenvalue weighted by Crippen LogP contribution is -2.51. The van der Waals surface area contributed by atoms with Crippen LogP contribution in [-0.2, 0) is 15.0 Å². The Kier molecular flexibility index (Phi) is 7.51. The summed E-state index contributed by atoms with van der Waals surface area (Å²) in [5, 5.41) is 2.96. The van der Waals surface area contributed by atoms with Crippen molar-refractivity contribution in [3.63, 3.8) is 0 Å². The highest BCUT2D eigenvalue weighted by Crippen LogP contribution is 2.36. The molecule has 1 saturated heterocycles. The van der Waals surface area contributed by atoms with Gasteiger partial charge in [-0.25, -0.2) is 0 Å². The van der Waals surface area contributed by atoms with E-state index in [4.69, 9.17) is 11.6 Å². The number of carbonyl (C=O) groups is 2. The first kappa shape index (κ1) is 20.8. The van der Waals surface area contributed by atoms with Crippen molar-refractivity contribution in [2.45, 2.75) is 45.4 Å². The van der Waals surface area contributed by atoms with Gasteiger partial charge in [0.2, 0.25) is 11.8 Å². The van der Waals surface area contributed by atoms with Gasteiger partial charge in [-0.3, -0.25) is 9.59 Å². The quantitative estimate of drug-likeness (QED) is 0.737. The summed E-state index contributed by atoms with van der Waals surface area (Å²) >= 11 is 5.64. The van der Waals surface area contributed by atoms with Crippen LogP contribution < -0.4 is 5.32 Å². The standard InChI is InChI=1S/C21H31ClN2O2/c1-4-18(16(2)3)20(26)24-12-10-21(11-13-24,15-23-19(25)14-22)17-8-6-5-7-9-17/h5-9,16,18H,4,10-15H2,1-3H3,(H,23,25). The predicted octanol–water partition coefficient (Wildman–Crippen LogP) is 3.58. The summed E-state index contributed by atoms with van der Waals surface area (Å²) in [5.41, 5.74) is 1.08. The minimum atomic E-state index is -0.147. The fraction of sp³-hybridized carbons (Fsp3) is 0.619. The van der Waals surface area contributed by atoms with E-state index in [2.05, 4.69) is 38.2 Å². The molecule has 0 spiro atoms. The maximum atomic E-state index is 12.9. The molecule has 1 atom stereocenters. The van der Waals surface area contributed by atoms with Gasteiger partial charge in [0.15, 0.2) is 0 Å². The fourth-order valence-corrected chi connectivity index (χ4v) is 4.09. The highest BCUT2D eigenvalue weighted by Gasteiger charge is 2.38. The van der Waals surface area contributed by atoms with Gasteiger partial charge in [-0.2, -0.15) is 0 Å². The summed E-state index contributed by atoms with van der Waals surface area (Å²) in [7, 11) is 0. The number of likely N-dealkylation sites (tertiary alicyclic amines) is 1. The third-order valence-electron chi connectivity index (χ3n) is 5.73. The number of alkyl halides is 1. The summed E-state index contributed by atoms with van der Waals surface area (Å²) in [4.78, 5) is 26.6. The van der Waals surface area contributed by atoms with Crippen molar-refractivity contribution in [2.24, 2.45) is 11.8 Å². The lowest BCUT2D eigenvalue weighted by molar-refractivity contribution is -0.139. The number of rotatable bonds is 7. The molecule has 2 rings (SSSR count). The summed E-state index contributed by atoms with van der Waals surface area (Å²) < 4.78 is 0. The second-order valence-corrected chi connectivity index (χ2v) is 7.91. The van der Waals surface area contributed by atoms with E-state index >= 15 is 0 Å². The van der Waals surface area contributed by atoms with E-state index in [0.29, 0.717) is 12.5 Å². The highest BCUT2D eigenvalue weighted by molar-refractivity contribution is 6.27. The summed E-state index contributed by atoms with van der Waals surface area (Å²) in [6, 6.07) is 10.3. The van der Waals surface area contributed by atoms with E-state index in [9.17, 15) is 9.59 Å². The first-order valence-electron chi connectivity index (χ1n) is 9.60. The molecule has 4 nitrogen and oxygen atoms in total. The minimum Gasteiger partial charge on any atom is -0.354 e. The molecule has 1 aromatic carbocycles. The maximum Gasteiger partial charge on any atom is 0.234 e. The van der Waals surface area contributed by atoms with Crippen molar-refractivity contribution in [1.29, 1.82) is 0 Å². The average molecular weight is 379 g/mol. The summed E-state index contributed by atoms with van der Waals surface area (Å²) in [6.07, 6.45) is 2.57. The molecule has 1 aromatic rings. The maximum absolute atomic E-state index is 12.9. The van der Waals surface area contributed by atoms with Gasteiger partial charge in [-0.05, 0) is 30.7 Å². The number of nitrogens with zero attached hydrogens (tertiary/aromatic N) is 1. The molecular weight excluding hydrogens is 348 g/mol. The molecule has 5 heteroatoms. The van der Waals surface area contributed by atoms with Crippen LogP contribution in [0.25, 0.3) is 0 Å². The van der Waals surface area contributed by atoms with Crippen molar-refractivity contribution in [3.05, 3.63) is 35.9 Å². The SMILES string of the molecule is CCC(C(=O)N1CCC(CNC(=O)CCl)(c2ccccc2)CC1)C(C)C. The monoisotopic (exact) mass is 378 g/mol. The van der Waals surface area contributed by atoms with Crippen molar-refractivity contribution in [1.82, 2.24) is 10.2 Å². The van der Waals surface area contributed by atoms with Crippen LogP contribution in [0.2, 0.25) is 0 Å². The van der Waals surface area contributed by atoms with E-state index < -0.39 is 0 Å². The van der Waals surface area contributed by atoms with Gasteiger partial charge in [-0.15, -0.1) is 11.6 Å². The Morgan fingerprint density at radius 1 is 1.19 bits per heavy atom. The Bertz CT molecular complexity index is 595. The van der Waals surface area contributed by atoms with Crippen LogP contribution in [0.1, 0.15) is 45.6 Å². The smallest absolute Gasteiger partial charge is 0.234 e. The van der Waals surface area contributed by atoms with Gasteiger partial charge in [0.05, 0.1) is 0 Å². The number of nitrogens with one attached hydrogen (secondary N) is 1.